The van der Waals surface area contributed by atoms with Gasteiger partial charge >= 0.3 is 0 Å². The molecule has 1 atom stereocenters. The average Bonchev–Trinajstić information content (AvgIpc) is 2.34. The third-order valence-electron chi connectivity index (χ3n) is 2.25. The molecule has 10 heavy (non-hydrogen) atoms. The zero-order chi connectivity index (χ0) is 7.56. The predicted octanol–water partition coefficient (Wildman–Crippen LogP) is 3.31. The van der Waals surface area contributed by atoms with E-state index >= 15 is 0 Å². The molecule has 0 saturated heterocycles. The molecule has 0 saturated carbocycles. The first kappa shape index (κ1) is 7.59. The van der Waals surface area contributed by atoms with Crippen molar-refractivity contribution in [3.05, 3.63) is 23.3 Å². The van der Waals surface area contributed by atoms with E-state index in [0.717, 1.165) is 5.92 Å². The van der Waals surface area contributed by atoms with Crippen LogP contribution in [-0.2, 0) is 0 Å². The third-order valence-corrected chi connectivity index (χ3v) is 2.25. The van der Waals surface area contributed by atoms with E-state index in [0.29, 0.717) is 0 Å². The van der Waals surface area contributed by atoms with Crippen molar-refractivity contribution in [2.24, 2.45) is 5.92 Å². The molecule has 0 amide bonds. The van der Waals surface area contributed by atoms with Crippen LogP contribution in [0.2, 0.25) is 0 Å². The lowest BCUT2D eigenvalue weighted by Gasteiger charge is -2.06. The van der Waals surface area contributed by atoms with Crippen molar-refractivity contribution in [2.45, 2.75) is 33.6 Å². The molecule has 0 bridgehead atoms. The van der Waals surface area contributed by atoms with Crippen LogP contribution >= 0.6 is 0 Å². The topological polar surface area (TPSA) is 0 Å². The molecular weight excluding hydrogens is 120 g/mol. The van der Waals surface area contributed by atoms with Gasteiger partial charge in [-0.2, -0.15) is 0 Å². The van der Waals surface area contributed by atoms with Crippen LogP contribution in [0.5, 0.6) is 0 Å². The first-order chi connectivity index (χ1) is 4.74. The van der Waals surface area contributed by atoms with E-state index in [2.05, 4.69) is 32.9 Å². The molecule has 0 fully saturated rings. The Balaban J connectivity index is 2.58. The molecule has 1 rings (SSSR count). The number of hydrogen-bond acceptors (Lipinski definition) is 0. The van der Waals surface area contributed by atoms with Gasteiger partial charge in [0.1, 0.15) is 0 Å². The fraction of sp³-hybridized carbons (Fsp3) is 0.600. The summed E-state index contributed by atoms with van der Waals surface area (Å²) < 4.78 is 0. The molecule has 0 aliphatic heterocycles. The van der Waals surface area contributed by atoms with Crippen LogP contribution in [0.25, 0.3) is 0 Å². The summed E-state index contributed by atoms with van der Waals surface area (Å²) in [5.74, 6) is 0.762. The summed E-state index contributed by atoms with van der Waals surface area (Å²) in [7, 11) is 0. The summed E-state index contributed by atoms with van der Waals surface area (Å²) in [5, 5.41) is 0. The molecule has 0 N–H and O–H groups in total. The highest BCUT2D eigenvalue weighted by molar-refractivity contribution is 5.32. The van der Waals surface area contributed by atoms with Gasteiger partial charge in [-0.25, -0.2) is 0 Å². The predicted molar refractivity (Wildman–Crippen MR) is 45.9 cm³/mol. The molecule has 0 aromatic carbocycles. The van der Waals surface area contributed by atoms with E-state index in [4.69, 9.17) is 0 Å². The highest BCUT2D eigenvalue weighted by Crippen LogP contribution is 2.24. The molecule has 1 unspecified atom stereocenters. The first-order valence-corrected chi connectivity index (χ1v) is 4.11. The zero-order valence-corrected chi connectivity index (χ0v) is 7.15. The number of hydrogen-bond donors (Lipinski definition) is 0. The normalized spacial score (nSPS) is 20.3. The summed E-state index contributed by atoms with van der Waals surface area (Å²) in [6, 6.07) is 0. The fourth-order valence-corrected chi connectivity index (χ4v) is 1.26. The molecular formula is C10H16. The van der Waals surface area contributed by atoms with Crippen molar-refractivity contribution in [3.8, 4) is 0 Å². The van der Waals surface area contributed by atoms with Crippen molar-refractivity contribution in [3.63, 3.8) is 0 Å². The maximum absolute atomic E-state index is 2.35. The highest BCUT2D eigenvalue weighted by atomic mass is 14.1. The Morgan fingerprint density at radius 2 is 2.30 bits per heavy atom. The summed E-state index contributed by atoms with van der Waals surface area (Å²) in [4.78, 5) is 0. The van der Waals surface area contributed by atoms with Crippen LogP contribution in [0, 0.1) is 5.92 Å². The van der Waals surface area contributed by atoms with Gasteiger partial charge in [0, 0.05) is 0 Å². The average molecular weight is 136 g/mol. The Kier molecular flexibility index (Phi) is 2.31. The fourth-order valence-electron chi connectivity index (χ4n) is 1.26. The van der Waals surface area contributed by atoms with Crippen LogP contribution < -0.4 is 0 Å². The van der Waals surface area contributed by atoms with Crippen LogP contribution in [-0.4, -0.2) is 0 Å². The van der Waals surface area contributed by atoms with Gasteiger partial charge in [0.05, 0.1) is 0 Å². The zero-order valence-electron chi connectivity index (χ0n) is 7.15. The maximum Gasteiger partial charge on any atom is -0.0132 e. The molecule has 0 heteroatoms. The van der Waals surface area contributed by atoms with Crippen LogP contribution in [0.15, 0.2) is 23.3 Å². The molecule has 1 aliphatic rings. The SMILES string of the molecule is CCC(C)C1=CCC(C)=C1. The molecule has 1 aliphatic carbocycles. The van der Waals surface area contributed by atoms with E-state index in [-0.39, 0.29) is 0 Å². The Bertz CT molecular complexity index is 172. The standard InChI is InChI=1S/C10H16/c1-4-9(3)10-6-5-8(2)7-10/h6-7,9H,4-5H2,1-3H3. The molecule has 0 nitrogen and oxygen atoms in total. The largest absolute Gasteiger partial charge is 0.0770 e. The first-order valence-electron chi connectivity index (χ1n) is 4.11. The Morgan fingerprint density at radius 3 is 2.70 bits per heavy atom. The van der Waals surface area contributed by atoms with Gasteiger partial charge < -0.3 is 0 Å². The van der Waals surface area contributed by atoms with Gasteiger partial charge in [0.2, 0.25) is 0 Å². The lowest BCUT2D eigenvalue weighted by molar-refractivity contribution is 0.671. The summed E-state index contributed by atoms with van der Waals surface area (Å²) in [6.45, 7) is 6.74. The molecule has 0 aromatic heterocycles. The monoisotopic (exact) mass is 136 g/mol. The van der Waals surface area contributed by atoms with E-state index < -0.39 is 0 Å². The summed E-state index contributed by atoms with van der Waals surface area (Å²) in [5.41, 5.74) is 3.05. The second-order valence-electron chi connectivity index (χ2n) is 3.21. The second-order valence-corrected chi connectivity index (χ2v) is 3.21. The highest BCUT2D eigenvalue weighted by Gasteiger charge is 2.07. The minimum absolute atomic E-state index is 0.762. The third kappa shape index (κ3) is 1.50. The number of allylic oxidation sites excluding steroid dienone is 4. The molecule has 0 heterocycles. The van der Waals surface area contributed by atoms with E-state index in [1.54, 1.807) is 5.57 Å². The van der Waals surface area contributed by atoms with Crippen molar-refractivity contribution >= 4 is 0 Å². The van der Waals surface area contributed by atoms with Crippen molar-refractivity contribution in [1.29, 1.82) is 0 Å². The second kappa shape index (κ2) is 3.05. The van der Waals surface area contributed by atoms with E-state index in [9.17, 15) is 0 Å². The Labute approximate surface area is 63.6 Å². The quantitative estimate of drug-likeness (QED) is 0.546. The van der Waals surface area contributed by atoms with Gasteiger partial charge in [-0.1, -0.05) is 31.6 Å². The minimum atomic E-state index is 0.762. The van der Waals surface area contributed by atoms with Gasteiger partial charge in [0.15, 0.2) is 0 Å². The minimum Gasteiger partial charge on any atom is -0.0770 e. The van der Waals surface area contributed by atoms with Crippen molar-refractivity contribution in [2.75, 3.05) is 0 Å². The van der Waals surface area contributed by atoms with Crippen LogP contribution in [0.3, 0.4) is 0 Å². The number of rotatable bonds is 2. The smallest absolute Gasteiger partial charge is 0.0132 e. The van der Waals surface area contributed by atoms with Gasteiger partial charge in [-0.3, -0.25) is 0 Å². The maximum atomic E-state index is 2.35. The molecule has 56 valence electrons. The van der Waals surface area contributed by atoms with Crippen molar-refractivity contribution < 1.29 is 0 Å². The van der Waals surface area contributed by atoms with E-state index in [1.165, 1.54) is 18.4 Å². The van der Waals surface area contributed by atoms with Crippen LogP contribution in [0.1, 0.15) is 33.6 Å². The molecule has 0 aromatic rings. The lowest BCUT2D eigenvalue weighted by atomic mass is 10.00. The molecule has 0 spiro atoms. The Hall–Kier alpha value is -0.520. The summed E-state index contributed by atoms with van der Waals surface area (Å²) in [6.07, 6.45) is 7.12. The Morgan fingerprint density at radius 1 is 1.60 bits per heavy atom. The summed E-state index contributed by atoms with van der Waals surface area (Å²) >= 11 is 0. The van der Waals surface area contributed by atoms with Crippen molar-refractivity contribution in [1.82, 2.24) is 0 Å². The molecule has 0 radical (unpaired) electrons. The van der Waals surface area contributed by atoms with Gasteiger partial charge in [-0.05, 0) is 31.3 Å². The van der Waals surface area contributed by atoms with Crippen LogP contribution in [0.4, 0.5) is 0 Å². The van der Waals surface area contributed by atoms with E-state index in [1.807, 2.05) is 0 Å². The van der Waals surface area contributed by atoms with Gasteiger partial charge in [-0.15, -0.1) is 0 Å². The van der Waals surface area contributed by atoms with Gasteiger partial charge in [0.25, 0.3) is 0 Å². The lowest BCUT2D eigenvalue weighted by Crippen LogP contribution is -1.92.